The minimum absolute atomic E-state index is 0.0654. The van der Waals surface area contributed by atoms with Crippen molar-refractivity contribution in [1.29, 1.82) is 0 Å². The van der Waals surface area contributed by atoms with Crippen molar-refractivity contribution in [2.24, 2.45) is 0 Å². The van der Waals surface area contributed by atoms with Crippen molar-refractivity contribution in [1.82, 2.24) is 9.88 Å². The Hall–Kier alpha value is -3.00. The summed E-state index contributed by atoms with van der Waals surface area (Å²) < 4.78 is 25.1. The van der Waals surface area contributed by atoms with Gasteiger partial charge in [0.25, 0.3) is 11.1 Å². The first-order chi connectivity index (χ1) is 14.0. The molecule has 1 aromatic heterocycles. The van der Waals surface area contributed by atoms with Gasteiger partial charge in [-0.2, -0.15) is 4.98 Å². The second-order valence-corrected chi connectivity index (χ2v) is 7.74. The summed E-state index contributed by atoms with van der Waals surface area (Å²) in [5.41, 5.74) is 1.26. The summed E-state index contributed by atoms with van der Waals surface area (Å²) in [7, 11) is 1.32. The number of hydrogen-bond acceptors (Lipinski definition) is 6. The van der Waals surface area contributed by atoms with E-state index in [4.69, 9.17) is 4.74 Å². The molecule has 0 atom stereocenters. The van der Waals surface area contributed by atoms with Gasteiger partial charge in [0.15, 0.2) is 0 Å². The Balaban J connectivity index is 1.35. The highest BCUT2D eigenvalue weighted by atomic mass is 32.1. The molecule has 0 radical (unpaired) electrons. The number of halogens is 1. The van der Waals surface area contributed by atoms with E-state index in [0.717, 1.165) is 4.70 Å². The van der Waals surface area contributed by atoms with Crippen LogP contribution in [0.1, 0.15) is 33.6 Å². The number of thiazole rings is 1. The SMILES string of the molecule is COC(=O)c1ccc(C(=O)N2CCC(Oc3nc4c(F)cccc4s3)CC2)cc1. The molecule has 0 N–H and O–H groups in total. The Morgan fingerprint density at radius 1 is 1.10 bits per heavy atom. The molecule has 8 heteroatoms. The Bertz CT molecular complexity index is 1040. The number of methoxy groups -OCH3 is 1. The lowest BCUT2D eigenvalue weighted by molar-refractivity contribution is 0.0584. The summed E-state index contributed by atoms with van der Waals surface area (Å²) in [4.78, 5) is 30.2. The number of carbonyl (C=O) groups is 2. The topological polar surface area (TPSA) is 68.7 Å². The molecule has 0 aliphatic carbocycles. The Morgan fingerprint density at radius 3 is 2.45 bits per heavy atom. The van der Waals surface area contributed by atoms with Gasteiger partial charge in [-0.05, 0) is 36.4 Å². The molecule has 1 aliphatic heterocycles. The van der Waals surface area contributed by atoms with Crippen molar-refractivity contribution in [3.8, 4) is 5.19 Å². The van der Waals surface area contributed by atoms with Crippen molar-refractivity contribution in [2.75, 3.05) is 20.2 Å². The molecular weight excluding hydrogens is 395 g/mol. The van der Waals surface area contributed by atoms with Crippen LogP contribution in [0.25, 0.3) is 10.2 Å². The first kappa shape index (κ1) is 19.3. The van der Waals surface area contributed by atoms with E-state index in [1.54, 1.807) is 35.2 Å². The van der Waals surface area contributed by atoms with Crippen LogP contribution >= 0.6 is 11.3 Å². The molecule has 2 heterocycles. The van der Waals surface area contributed by atoms with Gasteiger partial charge in [0.05, 0.1) is 17.4 Å². The van der Waals surface area contributed by atoms with Crippen molar-refractivity contribution >= 4 is 33.4 Å². The summed E-state index contributed by atoms with van der Waals surface area (Å²) in [5.74, 6) is -0.870. The Morgan fingerprint density at radius 2 is 1.79 bits per heavy atom. The lowest BCUT2D eigenvalue weighted by atomic mass is 10.1. The first-order valence-corrected chi connectivity index (χ1v) is 10.1. The number of nitrogens with zero attached hydrogens (tertiary/aromatic N) is 2. The van der Waals surface area contributed by atoms with E-state index < -0.39 is 5.97 Å². The third-order valence-electron chi connectivity index (χ3n) is 4.90. The number of para-hydroxylation sites is 1. The standard InChI is InChI=1S/C21H19FN2O4S/c1-27-20(26)14-7-5-13(6-8-14)19(25)24-11-9-15(10-12-24)28-21-23-18-16(22)3-2-4-17(18)29-21/h2-8,15H,9-12H2,1H3. The van der Waals surface area contributed by atoms with Crippen LogP contribution in [0.5, 0.6) is 5.19 Å². The number of ether oxygens (including phenoxy) is 2. The van der Waals surface area contributed by atoms with Gasteiger partial charge in [-0.15, -0.1) is 0 Å². The molecule has 1 fully saturated rings. The summed E-state index contributed by atoms with van der Waals surface area (Å²) in [6, 6.07) is 11.3. The molecule has 0 saturated carbocycles. The highest BCUT2D eigenvalue weighted by molar-refractivity contribution is 7.20. The fraction of sp³-hybridized carbons (Fsp3) is 0.286. The number of rotatable bonds is 4. The van der Waals surface area contributed by atoms with Crippen molar-refractivity contribution in [2.45, 2.75) is 18.9 Å². The molecule has 1 amide bonds. The number of benzene rings is 2. The summed E-state index contributed by atoms with van der Waals surface area (Å²) in [5, 5.41) is 0.452. The number of aromatic nitrogens is 1. The zero-order valence-corrected chi connectivity index (χ0v) is 16.6. The van der Waals surface area contributed by atoms with E-state index in [2.05, 4.69) is 9.72 Å². The number of hydrogen-bond donors (Lipinski definition) is 0. The number of carbonyl (C=O) groups excluding carboxylic acids is 2. The van der Waals surface area contributed by atoms with Gasteiger partial charge in [0.2, 0.25) is 0 Å². The van der Waals surface area contributed by atoms with Crippen LogP contribution in [-0.4, -0.2) is 48.1 Å². The fourth-order valence-electron chi connectivity index (χ4n) is 3.31. The maximum Gasteiger partial charge on any atom is 0.337 e. The molecule has 0 bridgehead atoms. The zero-order valence-electron chi connectivity index (χ0n) is 15.8. The van der Waals surface area contributed by atoms with E-state index in [0.29, 0.717) is 47.8 Å². The smallest absolute Gasteiger partial charge is 0.337 e. The molecule has 29 heavy (non-hydrogen) atoms. The lowest BCUT2D eigenvalue weighted by Gasteiger charge is -2.31. The van der Waals surface area contributed by atoms with Gasteiger partial charge in [0.1, 0.15) is 17.4 Å². The van der Waals surface area contributed by atoms with E-state index >= 15 is 0 Å². The van der Waals surface area contributed by atoms with Crippen LogP contribution in [0.4, 0.5) is 4.39 Å². The van der Waals surface area contributed by atoms with Crippen LogP contribution in [0.3, 0.4) is 0 Å². The van der Waals surface area contributed by atoms with E-state index in [9.17, 15) is 14.0 Å². The Labute approximate surface area is 170 Å². The first-order valence-electron chi connectivity index (χ1n) is 9.24. The van der Waals surface area contributed by atoms with Crippen LogP contribution in [0.15, 0.2) is 42.5 Å². The average molecular weight is 414 g/mol. The normalized spacial score (nSPS) is 14.8. The molecule has 0 unspecified atom stereocenters. The molecule has 4 rings (SSSR count). The summed E-state index contributed by atoms with van der Waals surface area (Å²) in [6.45, 7) is 1.11. The fourth-order valence-corrected chi connectivity index (χ4v) is 4.21. The lowest BCUT2D eigenvalue weighted by Crippen LogP contribution is -2.41. The van der Waals surface area contributed by atoms with E-state index in [1.165, 1.54) is 24.5 Å². The number of piperidine rings is 1. The second kappa shape index (κ2) is 8.16. The minimum Gasteiger partial charge on any atom is -0.467 e. The van der Waals surface area contributed by atoms with Crippen molar-refractivity contribution in [3.05, 3.63) is 59.4 Å². The van der Waals surface area contributed by atoms with Crippen LogP contribution in [0, 0.1) is 5.82 Å². The molecule has 150 valence electrons. The third kappa shape index (κ3) is 4.07. The molecule has 2 aromatic carbocycles. The van der Waals surface area contributed by atoms with Crippen LogP contribution in [0.2, 0.25) is 0 Å². The second-order valence-electron chi connectivity index (χ2n) is 6.74. The monoisotopic (exact) mass is 414 g/mol. The number of amides is 1. The molecule has 0 spiro atoms. The average Bonchev–Trinajstić information content (AvgIpc) is 3.17. The van der Waals surface area contributed by atoms with Crippen molar-refractivity contribution in [3.63, 3.8) is 0 Å². The predicted octanol–water partition coefficient (Wildman–Crippen LogP) is 3.91. The zero-order chi connectivity index (χ0) is 20.4. The maximum absolute atomic E-state index is 13.8. The molecule has 1 saturated heterocycles. The van der Waals surface area contributed by atoms with Gasteiger partial charge in [0, 0.05) is 31.5 Å². The molecule has 3 aromatic rings. The van der Waals surface area contributed by atoms with E-state index in [1.807, 2.05) is 6.07 Å². The number of fused-ring (bicyclic) bond motifs is 1. The van der Waals surface area contributed by atoms with Gasteiger partial charge < -0.3 is 14.4 Å². The summed E-state index contributed by atoms with van der Waals surface area (Å²) >= 11 is 1.32. The largest absolute Gasteiger partial charge is 0.467 e. The predicted molar refractivity (Wildman–Crippen MR) is 107 cm³/mol. The molecule has 1 aliphatic rings. The summed E-state index contributed by atoms with van der Waals surface area (Å²) in [6.07, 6.45) is 1.28. The highest BCUT2D eigenvalue weighted by Gasteiger charge is 2.26. The van der Waals surface area contributed by atoms with E-state index in [-0.39, 0.29) is 17.8 Å². The van der Waals surface area contributed by atoms with Crippen LogP contribution in [-0.2, 0) is 4.74 Å². The van der Waals surface area contributed by atoms with Gasteiger partial charge in [-0.3, -0.25) is 4.79 Å². The number of likely N-dealkylation sites (tertiary alicyclic amines) is 1. The minimum atomic E-state index is -0.434. The van der Waals surface area contributed by atoms with Gasteiger partial charge in [-0.1, -0.05) is 17.4 Å². The van der Waals surface area contributed by atoms with Gasteiger partial charge >= 0.3 is 5.97 Å². The molecular formula is C21H19FN2O4S. The maximum atomic E-state index is 13.8. The van der Waals surface area contributed by atoms with Crippen LogP contribution < -0.4 is 4.74 Å². The quantitative estimate of drug-likeness (QED) is 0.606. The third-order valence-corrected chi connectivity index (χ3v) is 5.81. The highest BCUT2D eigenvalue weighted by Crippen LogP contribution is 2.31. The number of esters is 1. The molecule has 6 nitrogen and oxygen atoms in total. The van der Waals surface area contributed by atoms with Crippen molar-refractivity contribution < 1.29 is 23.5 Å². The Kier molecular flexibility index (Phi) is 5.44. The van der Waals surface area contributed by atoms with Gasteiger partial charge in [-0.25, -0.2) is 9.18 Å².